The van der Waals surface area contributed by atoms with E-state index in [0.717, 1.165) is 17.1 Å². The van der Waals surface area contributed by atoms with Crippen LogP contribution < -0.4 is 0 Å². The van der Waals surface area contributed by atoms with Crippen LogP contribution in [-0.2, 0) is 31.9 Å². The molecule has 0 atom stereocenters. The third-order valence-electron chi connectivity index (χ3n) is 0. The molecule has 0 aromatic rings. The maximum atomic E-state index is 3.84. The van der Waals surface area contributed by atoms with Crippen LogP contribution in [0.3, 0.4) is 0 Å². The fraction of sp³-hybridized carbons (Fsp3) is 0. The predicted octanol–water partition coefficient (Wildman–Crippen LogP) is 2.58. The monoisotopic (exact) mass is 221 g/mol. The van der Waals surface area contributed by atoms with E-state index in [1.165, 1.54) is 0 Å². The van der Waals surface area contributed by atoms with Crippen molar-refractivity contribution in [1.29, 1.82) is 0 Å². The molecule has 0 saturated carbocycles. The van der Waals surface area contributed by atoms with E-state index in [0.29, 0.717) is 0 Å². The average Bonchev–Trinajstić information content (AvgIpc) is 1.46. The van der Waals surface area contributed by atoms with E-state index in [1.807, 2.05) is 0 Å². The van der Waals surface area contributed by atoms with Gasteiger partial charge in [0.05, 0.1) is 0 Å². The molecule has 0 spiro atoms. The van der Waals surface area contributed by atoms with Gasteiger partial charge in [-0.15, -0.1) is 0 Å². The molecule has 0 saturated heterocycles. The van der Waals surface area contributed by atoms with Crippen molar-refractivity contribution < 1.29 is 31.9 Å². The van der Waals surface area contributed by atoms with Crippen LogP contribution in [-0.4, -0.2) is 0 Å². The van der Waals surface area contributed by atoms with Gasteiger partial charge in [0.2, 0.25) is 0 Å². The van der Waals surface area contributed by atoms with E-state index >= 15 is 0 Å². The molecule has 5 heavy (non-hydrogen) atoms. The summed E-state index contributed by atoms with van der Waals surface area (Å²) in [5.41, 5.74) is 0. The summed E-state index contributed by atoms with van der Waals surface area (Å²) in [5.74, 6) is 0. The second-order valence-corrected chi connectivity index (χ2v) is 6.61. The van der Waals surface area contributed by atoms with Crippen molar-refractivity contribution >= 4 is 20.7 Å². The molecule has 0 aliphatic heterocycles. The second kappa shape index (κ2) is 16.0. The Morgan fingerprint density at radius 1 is 1.20 bits per heavy atom. The van der Waals surface area contributed by atoms with Crippen LogP contribution >= 0.6 is 20.7 Å². The molecular weight excluding hydrogens is 224 g/mol. The molecular formula is P3Zn2. The number of rotatable bonds is 0. The average molecular weight is 224 g/mol. The van der Waals surface area contributed by atoms with E-state index in [2.05, 4.69) is 20.7 Å². The number of hydrogen-bond acceptors (Lipinski definition) is 0. The molecule has 0 fully saturated rings. The Labute approximate surface area is 52.3 Å². The molecule has 0 bridgehead atoms. The Morgan fingerprint density at radius 3 is 1.20 bits per heavy atom. The van der Waals surface area contributed by atoms with Crippen LogP contribution in [0.25, 0.3) is 0 Å². The standard InChI is InChI=1S/3P.2Zn. The van der Waals surface area contributed by atoms with E-state index in [9.17, 15) is 0 Å². The Kier molecular flexibility index (Phi) is 33.7. The quantitative estimate of drug-likeness (QED) is 0.438. The summed E-state index contributed by atoms with van der Waals surface area (Å²) < 4.78 is 0. The maximum absolute atomic E-state index is 3.84. The molecule has 0 rings (SSSR count). The summed E-state index contributed by atoms with van der Waals surface area (Å²) in [7, 11) is 0. The fourth-order valence-corrected chi connectivity index (χ4v) is 0. The second-order valence-electron chi connectivity index (χ2n) is 0.141. The first-order chi connectivity index (χ1) is 2.41. The summed E-state index contributed by atoms with van der Waals surface area (Å²) in [6.45, 7) is 11.3. The van der Waals surface area contributed by atoms with Crippen LogP contribution in [0, 0.1) is 0 Å². The molecule has 0 aromatic heterocycles. The van der Waals surface area contributed by atoms with Crippen LogP contribution in [0.15, 0.2) is 0 Å². The molecule has 5 heteroatoms. The molecule has 0 aromatic carbocycles. The van der Waals surface area contributed by atoms with Gasteiger partial charge < -0.3 is 0 Å². The molecule has 0 unspecified atom stereocenters. The van der Waals surface area contributed by atoms with E-state index < -0.39 is 14.7 Å². The zero-order chi connectivity index (χ0) is 4.71. The van der Waals surface area contributed by atoms with Crippen molar-refractivity contribution in [2.45, 2.75) is 0 Å². The summed E-state index contributed by atoms with van der Waals surface area (Å²) in [4.78, 5) is 0. The van der Waals surface area contributed by atoms with Gasteiger partial charge in [-0.3, -0.25) is 0 Å². The molecule has 0 heterocycles. The van der Waals surface area contributed by atoms with E-state index in [-0.39, 0.29) is 0 Å². The van der Waals surface area contributed by atoms with Crippen molar-refractivity contribution in [2.75, 3.05) is 0 Å². The predicted molar refractivity (Wildman–Crippen MR) is 20.8 cm³/mol. The van der Waals surface area contributed by atoms with Gasteiger partial charge in [-0.05, 0) is 0 Å². The van der Waals surface area contributed by atoms with Gasteiger partial charge in [0, 0.05) is 0 Å². The van der Waals surface area contributed by atoms with Crippen LogP contribution in [0.2, 0.25) is 0 Å². The van der Waals surface area contributed by atoms with Crippen LogP contribution in [0.5, 0.6) is 0 Å². The number of hydrogen-bond donors (Lipinski definition) is 0. The van der Waals surface area contributed by atoms with E-state index in [4.69, 9.17) is 0 Å². The Balaban J connectivity index is 0. The van der Waals surface area contributed by atoms with Crippen molar-refractivity contribution in [3.05, 3.63) is 0 Å². The molecule has 0 radical (unpaired) electrons. The first-order valence-electron chi connectivity index (χ1n) is 0.949. The van der Waals surface area contributed by atoms with Crippen molar-refractivity contribution in [2.24, 2.45) is 0 Å². The van der Waals surface area contributed by atoms with Gasteiger partial charge in [-0.25, -0.2) is 0 Å². The normalized spacial score (nSPS) is 4.60. The van der Waals surface area contributed by atoms with Crippen molar-refractivity contribution in [1.82, 2.24) is 0 Å². The van der Waals surface area contributed by atoms with E-state index in [1.54, 1.807) is 0 Å². The van der Waals surface area contributed by atoms with Crippen LogP contribution in [0.4, 0.5) is 0 Å². The summed E-state index contributed by atoms with van der Waals surface area (Å²) in [5, 5.41) is 0. The van der Waals surface area contributed by atoms with Crippen LogP contribution in [0.1, 0.15) is 0 Å². The zero-order valence-corrected chi connectivity index (χ0v) is 11.4. The minimum absolute atomic E-state index is 0.486. The third-order valence-corrected chi connectivity index (χ3v) is 0. The molecule has 0 nitrogen and oxygen atoms in total. The van der Waals surface area contributed by atoms with Crippen molar-refractivity contribution in [3.8, 4) is 0 Å². The van der Waals surface area contributed by atoms with Gasteiger partial charge >= 0.3 is 52.6 Å². The first-order valence-corrected chi connectivity index (χ1v) is 14.8. The molecule has 19 valence electrons. The van der Waals surface area contributed by atoms with Gasteiger partial charge in [0.25, 0.3) is 0 Å². The first kappa shape index (κ1) is 10.5. The summed E-state index contributed by atoms with van der Waals surface area (Å²) >= 11 is 0.583. The molecule has 0 aliphatic rings. The molecule has 0 amide bonds. The zero-order valence-electron chi connectivity index (χ0n) is 2.76. The van der Waals surface area contributed by atoms with Gasteiger partial charge in [0.1, 0.15) is 0 Å². The molecule has 0 aliphatic carbocycles. The summed E-state index contributed by atoms with van der Waals surface area (Å²) in [6.07, 6.45) is 0. The topological polar surface area (TPSA) is 0 Å². The van der Waals surface area contributed by atoms with Crippen molar-refractivity contribution in [3.63, 3.8) is 0 Å². The molecule has 0 N–H and O–H groups in total. The van der Waals surface area contributed by atoms with Gasteiger partial charge in [-0.1, -0.05) is 0 Å². The Morgan fingerprint density at radius 2 is 1.20 bits per heavy atom. The fourth-order valence-electron chi connectivity index (χ4n) is 0. The van der Waals surface area contributed by atoms with Gasteiger partial charge in [0.15, 0.2) is 0 Å². The Hall–Kier alpha value is 2.54. The summed E-state index contributed by atoms with van der Waals surface area (Å²) in [6, 6.07) is 0. The SMILES string of the molecule is [P]#[Zn].[P]#[Zn]#[P]. The van der Waals surface area contributed by atoms with Gasteiger partial charge in [-0.2, -0.15) is 0 Å². The third kappa shape index (κ3) is 20.9. The minimum atomic E-state index is -0.486. The Bertz CT molecular complexity index is 106.